The predicted molar refractivity (Wildman–Crippen MR) is 76.7 cm³/mol. The predicted octanol–water partition coefficient (Wildman–Crippen LogP) is 2.61. The highest BCUT2D eigenvalue weighted by molar-refractivity contribution is 5.74. The lowest BCUT2D eigenvalue weighted by molar-refractivity contribution is 0.557. The van der Waals surface area contributed by atoms with Gasteiger partial charge < -0.3 is 5.73 Å². The Morgan fingerprint density at radius 3 is 2.81 bits per heavy atom. The molecule has 21 heavy (non-hydrogen) atoms. The maximum Gasteiger partial charge on any atom is 0.152 e. The Morgan fingerprint density at radius 1 is 1.19 bits per heavy atom. The van der Waals surface area contributed by atoms with E-state index in [1.807, 2.05) is 13.1 Å². The third-order valence-electron chi connectivity index (χ3n) is 3.54. The summed E-state index contributed by atoms with van der Waals surface area (Å²) in [6, 6.07) is 4.35. The van der Waals surface area contributed by atoms with E-state index in [1.165, 1.54) is 12.1 Å². The van der Waals surface area contributed by atoms with Gasteiger partial charge in [-0.1, -0.05) is 0 Å². The first-order valence-electron chi connectivity index (χ1n) is 6.55. The fourth-order valence-corrected chi connectivity index (χ4v) is 2.32. The molecule has 0 aliphatic carbocycles. The topological polar surface area (TPSA) is 56.7 Å². The Balaban J connectivity index is 1.86. The van der Waals surface area contributed by atoms with Crippen molar-refractivity contribution >= 4 is 16.7 Å². The zero-order valence-corrected chi connectivity index (χ0v) is 11.5. The van der Waals surface area contributed by atoms with Gasteiger partial charge >= 0.3 is 0 Å². The summed E-state index contributed by atoms with van der Waals surface area (Å²) >= 11 is 0. The van der Waals surface area contributed by atoms with Crippen molar-refractivity contribution in [3.8, 4) is 0 Å². The van der Waals surface area contributed by atoms with Gasteiger partial charge in [0.1, 0.15) is 11.3 Å². The van der Waals surface area contributed by atoms with Gasteiger partial charge in [0, 0.05) is 18.8 Å². The van der Waals surface area contributed by atoms with Gasteiger partial charge in [-0.05, 0) is 36.6 Å². The van der Waals surface area contributed by atoms with Crippen LogP contribution < -0.4 is 5.73 Å². The first-order valence-corrected chi connectivity index (χ1v) is 6.55. The molecule has 108 valence electrons. The SMILES string of the molecule is Cn1ncc2ncc(CCc3c(F)ccc(N)c3F)cc21. The zero-order valence-electron chi connectivity index (χ0n) is 11.5. The summed E-state index contributed by atoms with van der Waals surface area (Å²) in [5.41, 5.74) is 8.03. The molecule has 2 heterocycles. The average Bonchev–Trinajstić information content (AvgIpc) is 2.84. The minimum atomic E-state index is -0.676. The largest absolute Gasteiger partial charge is 0.396 e. The summed E-state index contributed by atoms with van der Waals surface area (Å²) in [6.07, 6.45) is 4.08. The average molecular weight is 288 g/mol. The van der Waals surface area contributed by atoms with Crippen LogP contribution in [0, 0.1) is 11.6 Å². The Hall–Kier alpha value is -2.50. The Bertz CT molecular complexity index is 811. The van der Waals surface area contributed by atoms with E-state index in [0.29, 0.717) is 6.42 Å². The summed E-state index contributed by atoms with van der Waals surface area (Å²) in [7, 11) is 1.82. The molecule has 0 amide bonds. The van der Waals surface area contributed by atoms with Gasteiger partial charge in [0.2, 0.25) is 0 Å². The van der Waals surface area contributed by atoms with Crippen LogP contribution in [0.5, 0.6) is 0 Å². The van der Waals surface area contributed by atoms with Crippen molar-refractivity contribution in [1.82, 2.24) is 14.8 Å². The standard InChI is InChI=1S/C15H14F2N4/c1-21-14-6-9(7-19-13(14)8-20-21)2-3-10-11(16)4-5-12(18)15(10)17/h4-8H,2-3,18H2,1H3. The number of nitrogen functional groups attached to an aromatic ring is 1. The van der Waals surface area contributed by atoms with Crippen LogP contribution in [0.2, 0.25) is 0 Å². The molecule has 2 aromatic heterocycles. The van der Waals surface area contributed by atoms with Crippen LogP contribution in [0.3, 0.4) is 0 Å². The van der Waals surface area contributed by atoms with E-state index in [0.717, 1.165) is 16.6 Å². The van der Waals surface area contributed by atoms with E-state index in [9.17, 15) is 8.78 Å². The van der Waals surface area contributed by atoms with Crippen molar-refractivity contribution in [2.75, 3.05) is 5.73 Å². The highest BCUT2D eigenvalue weighted by Gasteiger charge is 2.12. The van der Waals surface area contributed by atoms with Crippen molar-refractivity contribution in [3.05, 3.63) is 53.4 Å². The fourth-order valence-electron chi connectivity index (χ4n) is 2.32. The minimum absolute atomic E-state index is 0.0140. The number of rotatable bonds is 3. The van der Waals surface area contributed by atoms with Gasteiger partial charge in [-0.25, -0.2) is 8.78 Å². The number of anilines is 1. The lowest BCUT2D eigenvalue weighted by Gasteiger charge is -2.07. The molecule has 0 aliphatic rings. The van der Waals surface area contributed by atoms with E-state index in [-0.39, 0.29) is 17.7 Å². The van der Waals surface area contributed by atoms with E-state index < -0.39 is 11.6 Å². The molecular formula is C15H14F2N4. The first kappa shape index (κ1) is 13.5. The van der Waals surface area contributed by atoms with Gasteiger partial charge in [0.05, 0.1) is 17.4 Å². The molecule has 0 spiro atoms. The number of hydrogen-bond acceptors (Lipinski definition) is 3. The first-order chi connectivity index (χ1) is 10.1. The molecule has 0 saturated heterocycles. The van der Waals surface area contributed by atoms with Crippen LogP contribution in [0.15, 0.2) is 30.6 Å². The molecule has 3 rings (SSSR count). The third kappa shape index (κ3) is 2.44. The Labute approximate surface area is 120 Å². The van der Waals surface area contributed by atoms with Gasteiger partial charge in [-0.3, -0.25) is 9.67 Å². The molecule has 1 aromatic carbocycles. The monoisotopic (exact) mass is 288 g/mol. The second kappa shape index (κ2) is 5.12. The van der Waals surface area contributed by atoms with E-state index in [4.69, 9.17) is 5.73 Å². The van der Waals surface area contributed by atoms with Gasteiger partial charge in [0.25, 0.3) is 0 Å². The van der Waals surface area contributed by atoms with Crippen molar-refractivity contribution in [3.63, 3.8) is 0 Å². The van der Waals surface area contributed by atoms with Crippen molar-refractivity contribution in [1.29, 1.82) is 0 Å². The summed E-state index contributed by atoms with van der Waals surface area (Å²) in [4.78, 5) is 4.28. The molecular weight excluding hydrogens is 274 g/mol. The number of pyridine rings is 1. The highest BCUT2D eigenvalue weighted by Crippen LogP contribution is 2.21. The van der Waals surface area contributed by atoms with Gasteiger partial charge in [0.15, 0.2) is 5.82 Å². The second-order valence-corrected chi connectivity index (χ2v) is 4.95. The number of aryl methyl sites for hydroxylation is 2. The molecule has 3 aromatic rings. The number of benzene rings is 1. The smallest absolute Gasteiger partial charge is 0.152 e. The van der Waals surface area contributed by atoms with E-state index in [2.05, 4.69) is 10.1 Å². The number of hydrogen-bond donors (Lipinski definition) is 1. The lowest BCUT2D eigenvalue weighted by Crippen LogP contribution is -2.03. The van der Waals surface area contributed by atoms with Crippen LogP contribution in [0.4, 0.5) is 14.5 Å². The number of halogens is 2. The maximum absolute atomic E-state index is 13.8. The second-order valence-electron chi connectivity index (χ2n) is 4.95. The quantitative estimate of drug-likeness (QED) is 0.754. The van der Waals surface area contributed by atoms with E-state index in [1.54, 1.807) is 17.1 Å². The van der Waals surface area contributed by atoms with Crippen LogP contribution in [-0.2, 0) is 19.9 Å². The van der Waals surface area contributed by atoms with Gasteiger partial charge in [-0.2, -0.15) is 5.10 Å². The third-order valence-corrected chi connectivity index (χ3v) is 3.54. The van der Waals surface area contributed by atoms with Crippen LogP contribution in [0.25, 0.3) is 11.0 Å². The normalized spacial score (nSPS) is 11.2. The highest BCUT2D eigenvalue weighted by atomic mass is 19.1. The van der Waals surface area contributed by atoms with Crippen molar-refractivity contribution in [2.45, 2.75) is 12.8 Å². The van der Waals surface area contributed by atoms with Crippen LogP contribution >= 0.6 is 0 Å². The lowest BCUT2D eigenvalue weighted by atomic mass is 10.0. The van der Waals surface area contributed by atoms with E-state index >= 15 is 0 Å². The molecule has 4 nitrogen and oxygen atoms in total. The van der Waals surface area contributed by atoms with Gasteiger partial charge in [-0.15, -0.1) is 0 Å². The number of fused-ring (bicyclic) bond motifs is 1. The number of aromatic nitrogens is 3. The molecule has 0 unspecified atom stereocenters. The van der Waals surface area contributed by atoms with Crippen LogP contribution in [-0.4, -0.2) is 14.8 Å². The number of nitrogens with zero attached hydrogens (tertiary/aromatic N) is 3. The molecule has 0 bridgehead atoms. The molecule has 0 saturated carbocycles. The summed E-state index contributed by atoms with van der Waals surface area (Å²) in [5, 5.41) is 4.11. The fraction of sp³-hybridized carbons (Fsp3) is 0.200. The molecule has 0 aliphatic heterocycles. The summed E-state index contributed by atoms with van der Waals surface area (Å²) in [5.74, 6) is -1.25. The van der Waals surface area contributed by atoms with Crippen LogP contribution in [0.1, 0.15) is 11.1 Å². The molecule has 6 heteroatoms. The minimum Gasteiger partial charge on any atom is -0.396 e. The zero-order chi connectivity index (χ0) is 15.0. The van der Waals surface area contributed by atoms with Crippen molar-refractivity contribution in [2.24, 2.45) is 7.05 Å². The summed E-state index contributed by atoms with van der Waals surface area (Å²) in [6.45, 7) is 0. The molecule has 0 fully saturated rings. The molecule has 2 N–H and O–H groups in total. The Kier molecular flexibility index (Phi) is 3.29. The van der Waals surface area contributed by atoms with Crippen molar-refractivity contribution < 1.29 is 8.78 Å². The molecule has 0 radical (unpaired) electrons. The summed E-state index contributed by atoms with van der Waals surface area (Å²) < 4.78 is 29.2. The maximum atomic E-state index is 13.8. The number of nitrogens with two attached hydrogens (primary N) is 1. The molecule has 0 atom stereocenters. The Morgan fingerprint density at radius 2 is 2.00 bits per heavy atom.